The predicted octanol–water partition coefficient (Wildman–Crippen LogP) is 7.39. The highest BCUT2D eigenvalue weighted by Gasteiger charge is 2.37. The molecule has 5 aromatic carbocycles. The van der Waals surface area contributed by atoms with Crippen LogP contribution < -0.4 is 20.9 Å². The molecule has 2 bridgehead atoms. The highest BCUT2D eigenvalue weighted by atomic mass is 16.6. The minimum atomic E-state index is -0.881. The molecule has 3 fully saturated rings. The van der Waals surface area contributed by atoms with E-state index < -0.39 is 18.2 Å². The Hall–Kier alpha value is -6.47. The summed E-state index contributed by atoms with van der Waals surface area (Å²) in [7, 11) is 0. The van der Waals surface area contributed by atoms with Crippen LogP contribution in [0.5, 0.6) is 11.5 Å². The van der Waals surface area contributed by atoms with Gasteiger partial charge in [0.2, 0.25) is 5.56 Å². The van der Waals surface area contributed by atoms with E-state index in [0.29, 0.717) is 54.2 Å². The Morgan fingerprint density at radius 3 is 2.41 bits per heavy atom. The third-order valence-electron chi connectivity index (χ3n) is 12.3. The number of piperidine rings is 3. The van der Waals surface area contributed by atoms with Crippen molar-refractivity contribution in [2.75, 3.05) is 39.3 Å². The van der Waals surface area contributed by atoms with Gasteiger partial charge in [-0.2, -0.15) is 0 Å². The number of hydrogen-bond acceptors (Lipinski definition) is 9. The van der Waals surface area contributed by atoms with E-state index in [2.05, 4.69) is 20.5 Å². The summed E-state index contributed by atoms with van der Waals surface area (Å²) in [6.45, 7) is 6.99. The number of H-pyrrole nitrogens is 1. The fraction of sp³-hybridized carbons (Fsp3) is 0.314. The van der Waals surface area contributed by atoms with Crippen molar-refractivity contribution in [2.45, 2.75) is 57.6 Å². The zero-order valence-corrected chi connectivity index (χ0v) is 35.5. The SMILES string of the molecule is Cc1ccccc1CN(CCCNCC(O)c1ccc(O)c2[nH]c(=O)ccc12)C(=O)c1ccc(COc2cccc(C(NC(=O)OC3CN4CCC3CC4)c3ccccc3)c2)cc1. The number of phenols is 1. The molecule has 3 aliphatic rings. The van der Waals surface area contributed by atoms with Crippen molar-refractivity contribution in [3.05, 3.63) is 177 Å². The van der Waals surface area contributed by atoms with E-state index in [-0.39, 0.29) is 42.0 Å². The molecule has 63 heavy (non-hydrogen) atoms. The lowest BCUT2D eigenvalue weighted by atomic mass is 9.86. The Morgan fingerprint density at radius 1 is 0.889 bits per heavy atom. The Morgan fingerprint density at radius 2 is 1.65 bits per heavy atom. The summed E-state index contributed by atoms with van der Waals surface area (Å²) in [5, 5.41) is 28.3. The lowest BCUT2D eigenvalue weighted by Crippen LogP contribution is -2.52. The van der Waals surface area contributed by atoms with Gasteiger partial charge < -0.3 is 40.2 Å². The van der Waals surface area contributed by atoms with Crippen LogP contribution in [0.25, 0.3) is 10.9 Å². The first-order chi connectivity index (χ1) is 30.7. The van der Waals surface area contributed by atoms with Gasteiger partial charge in [-0.3, -0.25) is 14.5 Å². The number of ether oxygens (including phenoxy) is 2. The fourth-order valence-electron chi connectivity index (χ4n) is 8.75. The molecule has 1 aromatic heterocycles. The van der Waals surface area contributed by atoms with Crippen molar-refractivity contribution in [2.24, 2.45) is 5.92 Å². The topological polar surface area (TPSA) is 156 Å². The number of carbonyl (C=O) groups excluding carboxylic acids is 2. The Labute approximate surface area is 367 Å². The Kier molecular flexibility index (Phi) is 13.8. The predicted molar refractivity (Wildman–Crippen MR) is 243 cm³/mol. The smallest absolute Gasteiger partial charge is 0.408 e. The largest absolute Gasteiger partial charge is 0.506 e. The molecule has 3 saturated heterocycles. The zero-order valence-electron chi connectivity index (χ0n) is 35.5. The van der Waals surface area contributed by atoms with Gasteiger partial charge in [0.1, 0.15) is 24.2 Å². The number of fused-ring (bicyclic) bond motifs is 4. The summed E-state index contributed by atoms with van der Waals surface area (Å²) in [6.07, 6.45) is 1.37. The molecule has 9 rings (SSSR count). The molecule has 0 aliphatic carbocycles. The monoisotopic (exact) mass is 849 g/mol. The van der Waals surface area contributed by atoms with Gasteiger partial charge in [-0.25, -0.2) is 4.79 Å². The number of hydrogen-bond donors (Lipinski definition) is 5. The number of aromatic nitrogens is 1. The van der Waals surface area contributed by atoms with Gasteiger partial charge in [0.25, 0.3) is 5.91 Å². The molecule has 12 nitrogen and oxygen atoms in total. The molecule has 6 aromatic rings. The molecule has 4 heterocycles. The summed E-state index contributed by atoms with van der Waals surface area (Å²) in [5.74, 6) is 0.918. The van der Waals surface area contributed by atoms with Crippen molar-refractivity contribution >= 4 is 22.9 Å². The molecule has 0 radical (unpaired) electrons. The number of benzene rings is 5. The second-order valence-electron chi connectivity index (χ2n) is 16.6. The zero-order chi connectivity index (χ0) is 43.7. The molecule has 0 saturated carbocycles. The van der Waals surface area contributed by atoms with E-state index in [0.717, 1.165) is 60.3 Å². The second-order valence-corrected chi connectivity index (χ2v) is 16.6. The number of nitrogens with one attached hydrogen (secondary N) is 3. The molecule has 3 aliphatic heterocycles. The lowest BCUT2D eigenvalue weighted by Gasteiger charge is -2.43. The standard InChI is InChI=1S/C51H55N5O7/c1-34-9-5-6-12-40(34)31-56(26-8-25-52-30-45(58)42-19-21-44(57)49-43(42)20-22-47(59)53-49)50(60)38-17-15-35(16-18-38)33-62-41-14-7-13-39(29-41)48(37-10-3-2-4-11-37)54-51(61)63-46-32-55-27-23-36(46)24-28-55/h2-7,9-22,29,36,45-46,48,52,57-58H,8,23-28,30-33H2,1H3,(H,53,59)(H,54,61). The van der Waals surface area contributed by atoms with E-state index >= 15 is 0 Å². The van der Waals surface area contributed by atoms with Crippen molar-refractivity contribution in [3.8, 4) is 11.5 Å². The summed E-state index contributed by atoms with van der Waals surface area (Å²) in [5.41, 5.74) is 5.98. The van der Waals surface area contributed by atoms with Crippen LogP contribution in [-0.2, 0) is 17.9 Å². The number of amides is 2. The molecule has 5 N–H and O–H groups in total. The summed E-state index contributed by atoms with van der Waals surface area (Å²) < 4.78 is 12.3. The van der Waals surface area contributed by atoms with Crippen molar-refractivity contribution in [1.29, 1.82) is 0 Å². The quantitative estimate of drug-likeness (QED) is 0.0591. The van der Waals surface area contributed by atoms with Crippen LogP contribution in [-0.4, -0.2) is 82.4 Å². The number of phenolic OH excluding ortho intramolecular Hbond substituents is 1. The van der Waals surface area contributed by atoms with E-state index in [4.69, 9.17) is 9.47 Å². The molecular formula is C51H55N5O7. The summed E-state index contributed by atoms with van der Waals surface area (Å²) in [6, 6.07) is 38.8. The molecule has 12 heteroatoms. The molecule has 326 valence electrons. The number of alkyl carbamates (subject to hydrolysis) is 1. The first-order valence-electron chi connectivity index (χ1n) is 21.8. The summed E-state index contributed by atoms with van der Waals surface area (Å²) >= 11 is 0. The average molecular weight is 850 g/mol. The number of nitrogens with zero attached hydrogens (tertiary/aromatic N) is 2. The normalized spacial score (nSPS) is 17.8. The van der Waals surface area contributed by atoms with Gasteiger partial charge in [0.15, 0.2) is 0 Å². The van der Waals surface area contributed by atoms with Gasteiger partial charge in [0, 0.05) is 43.2 Å². The highest BCUT2D eigenvalue weighted by Crippen LogP contribution is 2.32. The third kappa shape index (κ3) is 10.8. The van der Waals surface area contributed by atoms with Crippen LogP contribution in [0.2, 0.25) is 0 Å². The van der Waals surface area contributed by atoms with Gasteiger partial charge in [-0.05, 0) is 122 Å². The first kappa shape index (κ1) is 43.2. The maximum Gasteiger partial charge on any atom is 0.408 e. The minimum Gasteiger partial charge on any atom is -0.506 e. The van der Waals surface area contributed by atoms with Gasteiger partial charge >= 0.3 is 6.09 Å². The number of carbonyl (C=O) groups is 2. The fourth-order valence-corrected chi connectivity index (χ4v) is 8.75. The van der Waals surface area contributed by atoms with Gasteiger partial charge in [-0.1, -0.05) is 84.9 Å². The van der Waals surface area contributed by atoms with Crippen LogP contribution in [0.4, 0.5) is 4.79 Å². The second kappa shape index (κ2) is 20.1. The van der Waals surface area contributed by atoms with Crippen molar-refractivity contribution in [1.82, 2.24) is 25.4 Å². The van der Waals surface area contributed by atoms with Crippen LogP contribution in [0, 0.1) is 12.8 Å². The number of rotatable bonds is 17. The van der Waals surface area contributed by atoms with E-state index in [1.165, 1.54) is 12.1 Å². The maximum atomic E-state index is 14.1. The third-order valence-corrected chi connectivity index (χ3v) is 12.3. The Balaban J connectivity index is 0.880. The van der Waals surface area contributed by atoms with Crippen LogP contribution >= 0.6 is 0 Å². The highest BCUT2D eigenvalue weighted by molar-refractivity contribution is 5.94. The number of pyridine rings is 1. The molecule has 3 unspecified atom stereocenters. The molecule has 3 atom stereocenters. The van der Waals surface area contributed by atoms with E-state index in [9.17, 15) is 24.6 Å². The van der Waals surface area contributed by atoms with E-state index in [1.807, 2.05) is 115 Å². The number of aliphatic hydroxyl groups is 1. The summed E-state index contributed by atoms with van der Waals surface area (Å²) in [4.78, 5) is 46.1. The van der Waals surface area contributed by atoms with Crippen LogP contribution in [0.3, 0.4) is 0 Å². The number of aliphatic hydroxyl groups excluding tert-OH is 1. The molecule has 0 spiro atoms. The average Bonchev–Trinajstić information content (AvgIpc) is 3.31. The van der Waals surface area contributed by atoms with Crippen LogP contribution in [0.15, 0.2) is 132 Å². The lowest BCUT2D eigenvalue weighted by molar-refractivity contribution is -0.0336. The van der Waals surface area contributed by atoms with Gasteiger partial charge in [0.05, 0.1) is 17.7 Å². The number of aryl methyl sites for hydroxylation is 1. The number of aromatic amines is 1. The first-order valence-corrected chi connectivity index (χ1v) is 21.8. The van der Waals surface area contributed by atoms with Crippen LogP contribution in [0.1, 0.15) is 75.1 Å². The molecular weight excluding hydrogens is 795 g/mol. The van der Waals surface area contributed by atoms with Crippen molar-refractivity contribution < 1.29 is 29.3 Å². The Bertz CT molecular complexity index is 2560. The maximum absolute atomic E-state index is 14.1. The number of aromatic hydroxyl groups is 1. The van der Waals surface area contributed by atoms with Crippen molar-refractivity contribution in [3.63, 3.8) is 0 Å². The van der Waals surface area contributed by atoms with E-state index in [1.54, 1.807) is 12.1 Å². The van der Waals surface area contributed by atoms with Gasteiger partial charge in [-0.15, -0.1) is 0 Å². The minimum absolute atomic E-state index is 0.0589. The molecule has 2 amide bonds.